The molecule has 1 aromatic rings. The van der Waals surface area contributed by atoms with Crippen LogP contribution >= 0.6 is 11.6 Å². The molecule has 0 amide bonds. The van der Waals surface area contributed by atoms with Gasteiger partial charge in [-0.2, -0.15) is 0 Å². The zero-order valence-corrected chi connectivity index (χ0v) is 7.72. The summed E-state index contributed by atoms with van der Waals surface area (Å²) in [5, 5.41) is 0.0186. The van der Waals surface area contributed by atoms with Gasteiger partial charge in [-0.3, -0.25) is 0 Å². The van der Waals surface area contributed by atoms with Gasteiger partial charge in [0.25, 0.3) is 0 Å². The van der Waals surface area contributed by atoms with Crippen LogP contribution < -0.4 is 4.72 Å². The van der Waals surface area contributed by atoms with Crippen LogP contribution in [0.2, 0.25) is 5.28 Å². The summed E-state index contributed by atoms with van der Waals surface area (Å²) in [6.07, 6.45) is 2.28. The molecule has 1 N–H and O–H groups in total. The van der Waals surface area contributed by atoms with Crippen molar-refractivity contribution in [1.29, 1.82) is 0 Å². The van der Waals surface area contributed by atoms with Gasteiger partial charge in [0.1, 0.15) is 4.90 Å². The van der Waals surface area contributed by atoms with Crippen LogP contribution in [-0.2, 0) is 10.0 Å². The highest BCUT2D eigenvalue weighted by Crippen LogP contribution is 2.06. The molecule has 0 aliphatic carbocycles. The fourth-order valence-electron chi connectivity index (χ4n) is 0.557. The van der Waals surface area contributed by atoms with Gasteiger partial charge in [-0.25, -0.2) is 23.1 Å². The molecular weight excluding hydrogens is 202 g/mol. The highest BCUT2D eigenvalue weighted by molar-refractivity contribution is 7.89. The molecule has 0 aliphatic heterocycles. The third-order valence-electron chi connectivity index (χ3n) is 1.18. The molecule has 0 aliphatic rings. The number of rotatable bonds is 2. The van der Waals surface area contributed by atoms with Gasteiger partial charge in [0.15, 0.2) is 0 Å². The first-order valence-corrected chi connectivity index (χ1v) is 4.83. The van der Waals surface area contributed by atoms with Gasteiger partial charge >= 0.3 is 0 Å². The SMILES string of the molecule is CNS(=O)(=O)c1cnc(Cl)nc1. The first kappa shape index (κ1) is 9.37. The third-order valence-corrected chi connectivity index (χ3v) is 2.74. The Balaban J connectivity index is 3.14. The van der Waals surface area contributed by atoms with Crippen molar-refractivity contribution in [3.8, 4) is 0 Å². The second-order valence-corrected chi connectivity index (χ2v) is 4.12. The number of halogens is 1. The van der Waals surface area contributed by atoms with Crippen molar-refractivity contribution in [2.24, 2.45) is 0 Å². The van der Waals surface area contributed by atoms with E-state index in [0.717, 1.165) is 12.4 Å². The van der Waals surface area contributed by atoms with E-state index >= 15 is 0 Å². The Morgan fingerprint density at radius 1 is 1.42 bits per heavy atom. The highest BCUT2D eigenvalue weighted by Gasteiger charge is 2.11. The van der Waals surface area contributed by atoms with Gasteiger partial charge in [-0.15, -0.1) is 0 Å². The van der Waals surface area contributed by atoms with Crippen molar-refractivity contribution in [3.05, 3.63) is 17.7 Å². The van der Waals surface area contributed by atoms with Crippen molar-refractivity contribution in [2.45, 2.75) is 4.90 Å². The number of nitrogens with one attached hydrogen (secondary N) is 1. The van der Waals surface area contributed by atoms with Crippen LogP contribution in [0.3, 0.4) is 0 Å². The summed E-state index contributed by atoms with van der Waals surface area (Å²) in [5.41, 5.74) is 0. The minimum atomic E-state index is -3.45. The Kier molecular flexibility index (Phi) is 2.61. The maximum absolute atomic E-state index is 11.1. The fraction of sp³-hybridized carbons (Fsp3) is 0.200. The van der Waals surface area contributed by atoms with Crippen LogP contribution in [-0.4, -0.2) is 25.4 Å². The Morgan fingerprint density at radius 2 is 1.92 bits per heavy atom. The molecule has 12 heavy (non-hydrogen) atoms. The van der Waals surface area contributed by atoms with Crippen LogP contribution in [0, 0.1) is 0 Å². The molecular formula is C5H6ClN3O2S. The van der Waals surface area contributed by atoms with Gasteiger partial charge < -0.3 is 0 Å². The van der Waals surface area contributed by atoms with Crippen molar-refractivity contribution in [2.75, 3.05) is 7.05 Å². The minimum absolute atomic E-state index is 0.00519. The summed E-state index contributed by atoms with van der Waals surface area (Å²) in [6.45, 7) is 0. The van der Waals surface area contributed by atoms with Gasteiger partial charge in [0.2, 0.25) is 15.3 Å². The van der Waals surface area contributed by atoms with E-state index in [1.807, 2.05) is 0 Å². The van der Waals surface area contributed by atoms with E-state index in [0.29, 0.717) is 0 Å². The van der Waals surface area contributed by atoms with Crippen molar-refractivity contribution in [3.63, 3.8) is 0 Å². The lowest BCUT2D eigenvalue weighted by Crippen LogP contribution is -2.18. The Labute approximate surface area is 74.8 Å². The average molecular weight is 208 g/mol. The van der Waals surface area contributed by atoms with Gasteiger partial charge in [-0.05, 0) is 18.6 Å². The van der Waals surface area contributed by atoms with E-state index in [4.69, 9.17) is 11.6 Å². The number of sulfonamides is 1. The molecule has 1 aromatic heterocycles. The molecule has 66 valence electrons. The summed E-state index contributed by atoms with van der Waals surface area (Å²) >= 11 is 5.37. The van der Waals surface area contributed by atoms with E-state index in [2.05, 4.69) is 14.7 Å². The maximum atomic E-state index is 11.1. The number of nitrogens with zero attached hydrogens (tertiary/aromatic N) is 2. The molecule has 0 spiro atoms. The van der Waals surface area contributed by atoms with Gasteiger partial charge in [0.05, 0.1) is 12.4 Å². The highest BCUT2D eigenvalue weighted by atomic mass is 35.5. The normalized spacial score (nSPS) is 11.5. The van der Waals surface area contributed by atoms with E-state index in [9.17, 15) is 8.42 Å². The van der Waals surface area contributed by atoms with E-state index in [1.54, 1.807) is 0 Å². The Bertz CT molecular complexity index is 361. The first-order valence-electron chi connectivity index (χ1n) is 2.97. The number of hydrogen-bond donors (Lipinski definition) is 1. The zero-order valence-electron chi connectivity index (χ0n) is 6.15. The summed E-state index contributed by atoms with van der Waals surface area (Å²) in [4.78, 5) is 7.05. The molecule has 0 fully saturated rings. The Morgan fingerprint density at radius 3 is 2.33 bits per heavy atom. The molecule has 0 saturated heterocycles. The standard InChI is InChI=1S/C5H6ClN3O2S/c1-7-12(10,11)4-2-8-5(6)9-3-4/h2-3,7H,1H3. The van der Waals surface area contributed by atoms with Crippen LogP contribution in [0.25, 0.3) is 0 Å². The molecule has 0 unspecified atom stereocenters. The molecule has 1 rings (SSSR count). The van der Waals surface area contributed by atoms with Crippen molar-refractivity contribution in [1.82, 2.24) is 14.7 Å². The monoisotopic (exact) mass is 207 g/mol. The molecule has 5 nitrogen and oxygen atoms in total. The predicted octanol–water partition coefficient (Wildman–Crippen LogP) is 0.0381. The number of aromatic nitrogens is 2. The smallest absolute Gasteiger partial charge is 0.225 e. The molecule has 0 atom stereocenters. The third kappa shape index (κ3) is 1.90. The second kappa shape index (κ2) is 3.34. The van der Waals surface area contributed by atoms with E-state index < -0.39 is 10.0 Å². The topological polar surface area (TPSA) is 72.0 Å². The molecule has 0 saturated carbocycles. The van der Waals surface area contributed by atoms with E-state index in [1.165, 1.54) is 7.05 Å². The largest absolute Gasteiger partial charge is 0.243 e. The quantitative estimate of drug-likeness (QED) is 0.695. The second-order valence-electron chi connectivity index (χ2n) is 1.90. The average Bonchev–Trinajstić information content (AvgIpc) is 2.05. The summed E-state index contributed by atoms with van der Waals surface area (Å²) in [5.74, 6) is 0. The van der Waals surface area contributed by atoms with Crippen molar-refractivity contribution >= 4 is 21.6 Å². The van der Waals surface area contributed by atoms with E-state index in [-0.39, 0.29) is 10.2 Å². The molecule has 0 radical (unpaired) electrons. The van der Waals surface area contributed by atoms with Crippen LogP contribution in [0.4, 0.5) is 0 Å². The lowest BCUT2D eigenvalue weighted by atomic mass is 10.7. The lowest BCUT2D eigenvalue weighted by Gasteiger charge is -1.99. The summed E-state index contributed by atoms with van der Waals surface area (Å²) < 4.78 is 24.3. The summed E-state index contributed by atoms with van der Waals surface area (Å²) in [7, 11) is -2.14. The van der Waals surface area contributed by atoms with Gasteiger partial charge in [0, 0.05) is 0 Å². The fourth-order valence-corrected chi connectivity index (χ4v) is 1.27. The molecule has 0 bridgehead atoms. The van der Waals surface area contributed by atoms with Crippen LogP contribution in [0.5, 0.6) is 0 Å². The summed E-state index contributed by atoms with van der Waals surface area (Å²) in [6, 6.07) is 0. The first-order chi connectivity index (χ1) is 5.56. The predicted molar refractivity (Wildman–Crippen MR) is 43.3 cm³/mol. The minimum Gasteiger partial charge on any atom is -0.225 e. The zero-order chi connectivity index (χ0) is 9.19. The van der Waals surface area contributed by atoms with Crippen LogP contribution in [0.15, 0.2) is 17.3 Å². The number of hydrogen-bond acceptors (Lipinski definition) is 4. The molecule has 0 aromatic carbocycles. The van der Waals surface area contributed by atoms with Gasteiger partial charge in [-0.1, -0.05) is 0 Å². The van der Waals surface area contributed by atoms with Crippen molar-refractivity contribution < 1.29 is 8.42 Å². The Hall–Kier alpha value is -0.720. The molecule has 7 heteroatoms. The van der Waals surface area contributed by atoms with Crippen LogP contribution in [0.1, 0.15) is 0 Å². The maximum Gasteiger partial charge on any atom is 0.243 e. The lowest BCUT2D eigenvalue weighted by molar-refractivity contribution is 0.587. The molecule has 1 heterocycles.